The zero-order valence-electron chi connectivity index (χ0n) is 60.7. The summed E-state index contributed by atoms with van der Waals surface area (Å²) in [5.74, 6) is -1.97. The van der Waals surface area contributed by atoms with Crippen molar-refractivity contribution >= 4 is 149 Å². The molecule has 0 radical (unpaired) electrons. The van der Waals surface area contributed by atoms with Crippen LogP contribution in [0.3, 0.4) is 0 Å². The molecule has 0 fully saturated rings. The number of esters is 2. The first-order valence-electron chi connectivity index (χ1n) is 32.0. The van der Waals surface area contributed by atoms with E-state index in [1.807, 2.05) is 187 Å². The molecule has 25 heteroatoms. The molecule has 11 rings (SSSR count). The molecule has 0 bridgehead atoms. The Labute approximate surface area is 635 Å². The SMILES string of the molecule is COC(=O)[C@@H](OC(C)(C)C)c1c(C)nc2[nH]c(C)c(C)c2c1-c1ccc(Cl)cc1.COC(=O)[C@@H](OC(C)(C)C)c1c(C)nc2c(c(C)c(C)n2Cc2nccs2)c1-c1ccc(Cl)cc1.Cc1nc2c(c(C)c(C)n2Cc2nccs2)c(-c2ccc(Cl)cc2)c1[C@H](OC(C)(C)C)C(=O)O.S.S.S. The van der Waals surface area contributed by atoms with Gasteiger partial charge in [0.05, 0.1) is 44.1 Å². The van der Waals surface area contributed by atoms with Gasteiger partial charge in [-0.3, -0.25) is 0 Å². The topological polar surface area (TPSA) is 208 Å². The maximum absolute atomic E-state index is 13.1. The third-order valence-electron chi connectivity index (χ3n) is 16.8. The smallest absolute Gasteiger partial charge is 0.339 e. The molecular weight excluding hydrogens is 1440 g/mol. The number of thiazole rings is 2. The average Bonchev–Trinajstić information content (AvgIpc) is 1.64. The van der Waals surface area contributed by atoms with Gasteiger partial charge in [-0.1, -0.05) is 71.2 Å². The van der Waals surface area contributed by atoms with E-state index >= 15 is 0 Å². The first-order valence-corrected chi connectivity index (χ1v) is 34.9. The minimum absolute atomic E-state index is 0. The zero-order chi connectivity index (χ0) is 71.8. The molecule has 11 aromatic rings. The fraction of sp³-hybridized carbons (Fsp3) is 0.368. The van der Waals surface area contributed by atoms with Crippen molar-refractivity contribution in [3.8, 4) is 33.4 Å². The fourth-order valence-electron chi connectivity index (χ4n) is 12.2. The maximum atomic E-state index is 13.1. The number of carbonyl (C=O) groups is 3. The van der Waals surface area contributed by atoms with Gasteiger partial charge in [-0.15, -0.1) is 22.7 Å². The van der Waals surface area contributed by atoms with Crippen LogP contribution < -0.4 is 0 Å². The Morgan fingerprint density at radius 2 is 0.802 bits per heavy atom. The number of aryl methyl sites for hydroxylation is 7. The summed E-state index contributed by atoms with van der Waals surface area (Å²) in [7, 11) is 2.75. The number of aliphatic carboxylic acids is 1. The second-order valence-electron chi connectivity index (χ2n) is 27.1. The van der Waals surface area contributed by atoms with Gasteiger partial charge in [-0.05, 0) is 194 Å². The number of aromatic nitrogens is 8. The molecule has 0 saturated heterocycles. The zero-order valence-corrected chi connectivity index (χ0v) is 67.6. The highest BCUT2D eigenvalue weighted by atomic mass is 35.5. The van der Waals surface area contributed by atoms with Crippen molar-refractivity contribution in [3.63, 3.8) is 0 Å². The lowest BCUT2D eigenvalue weighted by Gasteiger charge is -2.28. The third kappa shape index (κ3) is 18.6. The molecule has 0 unspecified atom stereocenters. The summed E-state index contributed by atoms with van der Waals surface area (Å²) in [5, 5.41) is 20.9. The van der Waals surface area contributed by atoms with Crippen molar-refractivity contribution in [2.75, 3.05) is 14.2 Å². The number of fused-ring (bicyclic) bond motifs is 3. The summed E-state index contributed by atoms with van der Waals surface area (Å²) in [5.41, 5.74) is 16.4. The maximum Gasteiger partial charge on any atom is 0.339 e. The third-order valence-corrected chi connectivity index (χ3v) is 19.1. The molecule has 0 saturated carbocycles. The number of methoxy groups -OCH3 is 2. The van der Waals surface area contributed by atoms with Crippen LogP contribution in [0.4, 0.5) is 0 Å². The fourth-order valence-corrected chi connectivity index (χ4v) is 13.8. The van der Waals surface area contributed by atoms with Crippen molar-refractivity contribution in [2.24, 2.45) is 0 Å². The van der Waals surface area contributed by atoms with Crippen molar-refractivity contribution in [2.45, 2.75) is 173 Å². The van der Waals surface area contributed by atoms with Crippen LogP contribution in [0.2, 0.25) is 15.1 Å². The molecule has 3 atom stereocenters. The van der Waals surface area contributed by atoms with Crippen LogP contribution in [0.15, 0.2) is 96.0 Å². The Kier molecular flexibility index (Phi) is 27.8. The molecule has 3 aromatic carbocycles. The molecular formula is C76H91Cl3N8O9S5. The number of hydrogen-bond acceptors (Lipinski definition) is 15. The van der Waals surface area contributed by atoms with Crippen LogP contribution in [-0.2, 0) is 51.2 Å². The summed E-state index contributed by atoms with van der Waals surface area (Å²) >= 11 is 21.8. The van der Waals surface area contributed by atoms with Crippen LogP contribution in [0, 0.1) is 62.3 Å². The molecule has 540 valence electrons. The predicted molar refractivity (Wildman–Crippen MR) is 426 cm³/mol. The van der Waals surface area contributed by atoms with E-state index in [2.05, 4.69) is 51.8 Å². The van der Waals surface area contributed by atoms with Gasteiger partial charge in [0.2, 0.25) is 0 Å². The quantitative estimate of drug-likeness (QED) is 0.0863. The van der Waals surface area contributed by atoms with Crippen LogP contribution in [0.5, 0.6) is 0 Å². The summed E-state index contributed by atoms with van der Waals surface area (Å²) in [6.07, 6.45) is 0.589. The molecule has 0 aliphatic carbocycles. The van der Waals surface area contributed by atoms with Gasteiger partial charge in [-0.25, -0.2) is 39.3 Å². The van der Waals surface area contributed by atoms with Crippen molar-refractivity contribution in [3.05, 3.63) is 189 Å². The number of H-pyrrole nitrogens is 1. The number of benzene rings is 3. The second-order valence-corrected chi connectivity index (χ2v) is 30.4. The first kappa shape index (κ1) is 83.1. The molecule has 0 aliphatic heterocycles. The highest BCUT2D eigenvalue weighted by Gasteiger charge is 2.38. The largest absolute Gasteiger partial charge is 0.479 e. The average molecular weight is 1530 g/mol. The minimum Gasteiger partial charge on any atom is -0.479 e. The van der Waals surface area contributed by atoms with Crippen molar-refractivity contribution in [1.82, 2.24) is 39.0 Å². The summed E-state index contributed by atoms with van der Waals surface area (Å²) in [4.78, 5) is 65.4. The molecule has 8 aromatic heterocycles. The number of rotatable bonds is 16. The Balaban J connectivity index is 0.000000236. The van der Waals surface area contributed by atoms with Crippen LogP contribution >= 0.6 is 98.0 Å². The molecule has 17 nitrogen and oxygen atoms in total. The van der Waals surface area contributed by atoms with Crippen LogP contribution in [0.1, 0.15) is 158 Å². The lowest BCUT2D eigenvalue weighted by atomic mass is 9.91. The van der Waals surface area contributed by atoms with Crippen LogP contribution in [-0.4, -0.2) is 93.1 Å². The number of carbonyl (C=O) groups excluding carboxylic acids is 2. The van der Waals surface area contributed by atoms with Gasteiger partial charge < -0.3 is 42.9 Å². The molecule has 0 spiro atoms. The highest BCUT2D eigenvalue weighted by Crippen LogP contribution is 2.46. The van der Waals surface area contributed by atoms with Gasteiger partial charge in [-0.2, -0.15) is 40.5 Å². The predicted octanol–water partition coefficient (Wildman–Crippen LogP) is 19.7. The van der Waals surface area contributed by atoms with Gasteiger partial charge in [0, 0.05) is 122 Å². The van der Waals surface area contributed by atoms with E-state index in [1.165, 1.54) is 14.2 Å². The number of hydrogen-bond donors (Lipinski definition) is 2. The Bertz CT molecular complexity index is 4750. The van der Waals surface area contributed by atoms with Crippen LogP contribution in [0.25, 0.3) is 66.5 Å². The molecule has 8 heterocycles. The van der Waals surface area contributed by atoms with Crippen molar-refractivity contribution in [1.29, 1.82) is 0 Å². The number of ether oxygens (including phenoxy) is 5. The standard InChI is InChI=1S/C27H30ClN3O3S.C26H28ClN3O3S.C23H27ClN2O3.3H2S/c1-15-17(3)31(14-20-29-12-13-35-20)25-21(15)23(18-8-10-19(28)11-9-18)22(16(2)30-25)24(26(32)33-7)34-27(4,5)6;1-14-16(3)30(13-19-28-11-12-34-19)24-20(14)22(17-7-9-18(27)10-8-17)21(15(2)29-24)23(25(31)32)33-26(4,5)6;1-12-13(2)25-21-17(12)19(15-8-10-16(24)11-9-15)18(14(3)26-21)20(22(27)28-7)29-23(4,5)6;;;/h8-13,24H,14H2,1-7H3;7-12,23H,13H2,1-6H3,(H,31,32);8-11,20H,1-7H3,(H,25,26);3*1H2/t24-;23-;20-;;;/m000.../s1. The lowest BCUT2D eigenvalue weighted by Crippen LogP contribution is -2.29. The normalized spacial score (nSPS) is 12.5. The molecule has 0 aliphatic rings. The summed E-state index contributed by atoms with van der Waals surface area (Å²) < 4.78 is 33.2. The molecule has 2 N–H and O–H groups in total. The van der Waals surface area contributed by atoms with Crippen molar-refractivity contribution < 1.29 is 43.2 Å². The van der Waals surface area contributed by atoms with E-state index in [0.717, 1.165) is 110 Å². The first-order chi connectivity index (χ1) is 46.0. The molecule has 101 heavy (non-hydrogen) atoms. The van der Waals surface area contributed by atoms with E-state index < -0.39 is 53.0 Å². The van der Waals surface area contributed by atoms with E-state index in [0.29, 0.717) is 61.9 Å². The van der Waals surface area contributed by atoms with Gasteiger partial charge in [0.1, 0.15) is 27.0 Å². The van der Waals surface area contributed by atoms with Gasteiger partial charge in [0.25, 0.3) is 0 Å². The monoisotopic (exact) mass is 1520 g/mol. The Morgan fingerprint density at radius 3 is 1.11 bits per heavy atom. The number of nitrogens with one attached hydrogen (secondary N) is 1. The van der Waals surface area contributed by atoms with E-state index in [-0.39, 0.29) is 40.5 Å². The molecule has 0 amide bonds. The second kappa shape index (κ2) is 33.8. The van der Waals surface area contributed by atoms with Gasteiger partial charge >= 0.3 is 17.9 Å². The number of aromatic amines is 1. The van der Waals surface area contributed by atoms with E-state index in [9.17, 15) is 19.5 Å². The Morgan fingerprint density at radius 1 is 0.485 bits per heavy atom. The van der Waals surface area contributed by atoms with E-state index in [4.69, 9.17) is 73.4 Å². The summed E-state index contributed by atoms with van der Waals surface area (Å²) in [6, 6.07) is 22.7. The summed E-state index contributed by atoms with van der Waals surface area (Å²) in [6.45, 7) is 36.3. The lowest BCUT2D eigenvalue weighted by molar-refractivity contribution is -0.164. The number of pyridine rings is 3. The number of halogens is 3. The number of nitrogens with zero attached hydrogens (tertiary/aromatic N) is 7. The highest BCUT2D eigenvalue weighted by molar-refractivity contribution is 7.59. The minimum atomic E-state index is -1.18. The number of carboxylic acid groups (broad SMARTS) is 1. The Hall–Kier alpha value is -6.80. The van der Waals surface area contributed by atoms with Gasteiger partial charge in [0.15, 0.2) is 18.3 Å². The van der Waals surface area contributed by atoms with E-state index in [1.54, 1.807) is 28.9 Å². The number of carboxylic acids is 1.